The zero-order chi connectivity index (χ0) is 13.8. The smallest absolute Gasteiger partial charge is 0.326 e. The number of hydrogen-bond donors (Lipinski definition) is 2. The highest BCUT2D eigenvalue weighted by atomic mass is 32.2. The van der Waals surface area contributed by atoms with Crippen molar-refractivity contribution in [3.8, 4) is 0 Å². The van der Waals surface area contributed by atoms with Gasteiger partial charge < -0.3 is 15.3 Å². The monoisotopic (exact) mass is 278 g/mol. The molecular formula is C10H18N2O5S. The number of carboxylic acids is 1. The van der Waals surface area contributed by atoms with E-state index in [2.05, 4.69) is 5.32 Å². The maximum Gasteiger partial charge on any atom is 0.326 e. The lowest BCUT2D eigenvalue weighted by Gasteiger charge is -2.21. The topological polar surface area (TPSA) is 104 Å². The number of likely N-dealkylation sites (tertiary alicyclic amines) is 1. The van der Waals surface area contributed by atoms with Crippen molar-refractivity contribution in [2.75, 3.05) is 24.6 Å². The lowest BCUT2D eigenvalue weighted by Crippen LogP contribution is -2.47. The number of carbonyl (C=O) groups excluding carboxylic acids is 1. The number of nitrogens with zero attached hydrogens (tertiary/aromatic N) is 1. The van der Waals surface area contributed by atoms with Crippen LogP contribution in [0, 0.1) is 0 Å². The molecule has 0 aromatic carbocycles. The molecular weight excluding hydrogens is 260 g/mol. The molecule has 1 rings (SSSR count). The summed E-state index contributed by atoms with van der Waals surface area (Å²) in [5.41, 5.74) is 0. The lowest BCUT2D eigenvalue weighted by atomic mass is 10.2. The van der Waals surface area contributed by atoms with E-state index < -0.39 is 27.9 Å². The summed E-state index contributed by atoms with van der Waals surface area (Å²) in [6.07, 6.45) is 1.09. The van der Waals surface area contributed by atoms with Gasteiger partial charge in [0.2, 0.25) is 0 Å². The summed E-state index contributed by atoms with van der Waals surface area (Å²) < 4.78 is 22.4. The molecule has 1 fully saturated rings. The fourth-order valence-electron chi connectivity index (χ4n) is 1.83. The van der Waals surface area contributed by atoms with Crippen molar-refractivity contribution in [3.05, 3.63) is 0 Å². The Kier molecular flexibility index (Phi) is 4.94. The second-order valence-corrected chi connectivity index (χ2v) is 6.63. The van der Waals surface area contributed by atoms with Gasteiger partial charge in [-0.3, -0.25) is 0 Å². The van der Waals surface area contributed by atoms with Crippen molar-refractivity contribution in [2.24, 2.45) is 0 Å². The summed E-state index contributed by atoms with van der Waals surface area (Å²) in [5, 5.41) is 11.4. The molecule has 2 amide bonds. The van der Waals surface area contributed by atoms with Gasteiger partial charge in [-0.25, -0.2) is 18.0 Å². The normalized spacial score (nSPS) is 19.8. The summed E-state index contributed by atoms with van der Waals surface area (Å²) in [4.78, 5) is 23.8. The number of amides is 2. The van der Waals surface area contributed by atoms with Crippen molar-refractivity contribution in [1.29, 1.82) is 0 Å². The van der Waals surface area contributed by atoms with Gasteiger partial charge in [0.15, 0.2) is 9.84 Å². The molecule has 0 unspecified atom stereocenters. The second kappa shape index (κ2) is 6.03. The zero-order valence-electron chi connectivity index (χ0n) is 10.3. The summed E-state index contributed by atoms with van der Waals surface area (Å²) in [7, 11) is -3.12. The molecule has 0 spiro atoms. The average Bonchev–Trinajstić information content (AvgIpc) is 2.77. The molecule has 1 saturated heterocycles. The Morgan fingerprint density at radius 3 is 2.67 bits per heavy atom. The van der Waals surface area contributed by atoms with Crippen LogP contribution in [0.2, 0.25) is 0 Å². The van der Waals surface area contributed by atoms with Crippen molar-refractivity contribution < 1.29 is 23.1 Å². The van der Waals surface area contributed by atoms with Crippen molar-refractivity contribution >= 4 is 21.8 Å². The van der Waals surface area contributed by atoms with Crippen molar-refractivity contribution in [1.82, 2.24) is 10.2 Å². The number of carbonyl (C=O) groups is 2. The van der Waals surface area contributed by atoms with Crippen molar-refractivity contribution in [3.63, 3.8) is 0 Å². The molecule has 1 aliphatic rings. The summed E-state index contributed by atoms with van der Waals surface area (Å²) in [6.45, 7) is 1.94. The molecule has 8 heteroatoms. The van der Waals surface area contributed by atoms with Crippen LogP contribution in [0.15, 0.2) is 0 Å². The highest BCUT2D eigenvalue weighted by Gasteiger charge is 2.33. The van der Waals surface area contributed by atoms with Crippen LogP contribution in [0.1, 0.15) is 19.8 Å². The number of hydrogen-bond acceptors (Lipinski definition) is 4. The van der Waals surface area contributed by atoms with Gasteiger partial charge in [0.05, 0.1) is 5.75 Å². The van der Waals surface area contributed by atoms with Gasteiger partial charge in [-0.15, -0.1) is 0 Å². The Morgan fingerprint density at radius 2 is 2.11 bits per heavy atom. The molecule has 0 radical (unpaired) electrons. The van der Waals surface area contributed by atoms with E-state index in [9.17, 15) is 18.0 Å². The first-order chi connectivity index (χ1) is 8.37. The maximum absolute atomic E-state index is 11.7. The summed E-state index contributed by atoms with van der Waals surface area (Å²) in [5.74, 6) is -1.12. The van der Waals surface area contributed by atoms with E-state index in [1.807, 2.05) is 0 Å². The standard InChI is InChI=1S/C10H18N2O5S/c1-2-18(16,17)7-5-11-10(15)12-6-3-4-8(12)9(13)14/h8H,2-7H2,1H3,(H,11,15)(H,13,14)/t8-/m0/s1. The molecule has 1 atom stereocenters. The quantitative estimate of drug-likeness (QED) is 0.717. The van der Waals surface area contributed by atoms with E-state index in [4.69, 9.17) is 5.11 Å². The third-order valence-corrected chi connectivity index (χ3v) is 4.63. The maximum atomic E-state index is 11.7. The minimum Gasteiger partial charge on any atom is -0.480 e. The van der Waals surface area contributed by atoms with Crippen LogP contribution in [-0.4, -0.2) is 61.1 Å². The predicted octanol–water partition coefficient (Wildman–Crippen LogP) is -0.320. The van der Waals surface area contributed by atoms with Crippen LogP contribution in [-0.2, 0) is 14.6 Å². The van der Waals surface area contributed by atoms with Crippen LogP contribution >= 0.6 is 0 Å². The third-order valence-electron chi connectivity index (χ3n) is 2.93. The molecule has 1 aliphatic heterocycles. The number of nitrogens with one attached hydrogen (secondary N) is 1. The second-order valence-electron chi connectivity index (χ2n) is 4.16. The van der Waals surface area contributed by atoms with Gasteiger partial charge in [-0.05, 0) is 12.8 Å². The van der Waals surface area contributed by atoms with Gasteiger partial charge in [-0.2, -0.15) is 0 Å². The Morgan fingerprint density at radius 1 is 1.44 bits per heavy atom. The van der Waals surface area contributed by atoms with E-state index in [0.29, 0.717) is 19.4 Å². The van der Waals surface area contributed by atoms with E-state index in [0.717, 1.165) is 0 Å². The molecule has 7 nitrogen and oxygen atoms in total. The summed E-state index contributed by atoms with van der Waals surface area (Å²) in [6, 6.07) is -1.31. The van der Waals surface area contributed by atoms with Gasteiger partial charge in [-0.1, -0.05) is 6.92 Å². The molecule has 0 aliphatic carbocycles. The van der Waals surface area contributed by atoms with Crippen molar-refractivity contribution in [2.45, 2.75) is 25.8 Å². The van der Waals surface area contributed by atoms with Gasteiger partial charge in [0.1, 0.15) is 6.04 Å². The Hall–Kier alpha value is -1.31. The van der Waals surface area contributed by atoms with E-state index in [1.54, 1.807) is 0 Å². The summed E-state index contributed by atoms with van der Waals surface area (Å²) >= 11 is 0. The minimum atomic E-state index is -3.12. The highest BCUT2D eigenvalue weighted by Crippen LogP contribution is 2.17. The Balaban J connectivity index is 2.44. The van der Waals surface area contributed by atoms with Crippen LogP contribution in [0.5, 0.6) is 0 Å². The first kappa shape index (κ1) is 14.7. The number of sulfone groups is 1. The first-order valence-corrected chi connectivity index (χ1v) is 7.67. The first-order valence-electron chi connectivity index (χ1n) is 5.85. The molecule has 104 valence electrons. The molecule has 18 heavy (non-hydrogen) atoms. The zero-order valence-corrected chi connectivity index (χ0v) is 11.1. The van der Waals surface area contributed by atoms with Crippen LogP contribution in [0.4, 0.5) is 4.79 Å². The van der Waals surface area contributed by atoms with Crippen LogP contribution < -0.4 is 5.32 Å². The number of rotatable bonds is 5. The highest BCUT2D eigenvalue weighted by molar-refractivity contribution is 7.91. The lowest BCUT2D eigenvalue weighted by molar-refractivity contribution is -0.141. The van der Waals surface area contributed by atoms with Crippen LogP contribution in [0.25, 0.3) is 0 Å². The van der Waals surface area contributed by atoms with E-state index in [1.165, 1.54) is 11.8 Å². The van der Waals surface area contributed by atoms with E-state index >= 15 is 0 Å². The van der Waals surface area contributed by atoms with Gasteiger partial charge in [0.25, 0.3) is 0 Å². The number of carboxylic acid groups (broad SMARTS) is 1. The van der Waals surface area contributed by atoms with Gasteiger partial charge >= 0.3 is 12.0 Å². The fourth-order valence-corrected chi connectivity index (χ4v) is 2.53. The fraction of sp³-hybridized carbons (Fsp3) is 0.800. The number of urea groups is 1. The largest absolute Gasteiger partial charge is 0.480 e. The molecule has 0 saturated carbocycles. The molecule has 0 bridgehead atoms. The minimum absolute atomic E-state index is 0.0118. The third kappa shape index (κ3) is 3.86. The van der Waals surface area contributed by atoms with E-state index in [-0.39, 0.29) is 18.1 Å². The van der Waals surface area contributed by atoms with Crippen LogP contribution in [0.3, 0.4) is 0 Å². The Labute approximate surface area is 106 Å². The number of aliphatic carboxylic acids is 1. The average molecular weight is 278 g/mol. The Bertz CT molecular complexity index is 420. The predicted molar refractivity (Wildman–Crippen MR) is 65.1 cm³/mol. The molecule has 2 N–H and O–H groups in total. The van der Waals surface area contributed by atoms with Gasteiger partial charge in [0, 0.05) is 18.8 Å². The molecule has 0 aromatic rings. The SMILES string of the molecule is CCS(=O)(=O)CCNC(=O)N1CCC[C@H]1C(=O)O. The molecule has 0 aromatic heterocycles. The molecule has 1 heterocycles.